The van der Waals surface area contributed by atoms with Crippen LogP contribution in [0.3, 0.4) is 0 Å². The van der Waals surface area contributed by atoms with E-state index in [1.54, 1.807) is 0 Å². The van der Waals surface area contributed by atoms with E-state index in [0.29, 0.717) is 18.7 Å². The lowest BCUT2D eigenvalue weighted by molar-refractivity contribution is 0.770. The number of halogens is 1. The largest absolute Gasteiger partial charge is 0.398 e. The van der Waals surface area contributed by atoms with E-state index in [4.69, 9.17) is 11.0 Å². The van der Waals surface area contributed by atoms with E-state index in [0.717, 1.165) is 26.9 Å². The van der Waals surface area contributed by atoms with Crippen LogP contribution in [-0.4, -0.2) is 9.55 Å². The second kappa shape index (κ2) is 5.58. The Bertz CT molecular complexity index is 845. The number of nitrogen functional groups attached to an aromatic ring is 1. The smallest absolute Gasteiger partial charge is 0.124 e. The highest BCUT2D eigenvalue weighted by molar-refractivity contribution is 9.10. The zero-order chi connectivity index (χ0) is 14.8. The molecule has 4 nitrogen and oxygen atoms in total. The Morgan fingerprint density at radius 3 is 2.81 bits per heavy atom. The quantitative estimate of drug-likeness (QED) is 0.742. The standard InChI is InChI=1S/C16H13BrN4/c17-12-6-5-11(9-13(12)19)10-21-15-4-2-1-3-14(15)20-16(21)7-8-18/h1-6,9H,7,10,19H2. The van der Waals surface area contributed by atoms with Crippen LogP contribution in [0, 0.1) is 11.3 Å². The number of hydrogen-bond donors (Lipinski definition) is 1. The number of benzene rings is 2. The molecule has 0 fully saturated rings. The van der Waals surface area contributed by atoms with Gasteiger partial charge in [0.15, 0.2) is 0 Å². The first-order valence-corrected chi connectivity index (χ1v) is 7.33. The van der Waals surface area contributed by atoms with Crippen LogP contribution >= 0.6 is 15.9 Å². The minimum absolute atomic E-state index is 0.292. The zero-order valence-corrected chi connectivity index (χ0v) is 12.8. The van der Waals surface area contributed by atoms with Gasteiger partial charge in [0.25, 0.3) is 0 Å². The summed E-state index contributed by atoms with van der Waals surface area (Å²) < 4.78 is 2.96. The first kappa shape index (κ1) is 13.7. The van der Waals surface area contributed by atoms with E-state index in [2.05, 4.69) is 31.6 Å². The summed E-state index contributed by atoms with van der Waals surface area (Å²) in [5.41, 5.74) is 9.67. The molecule has 0 spiro atoms. The molecule has 0 amide bonds. The summed E-state index contributed by atoms with van der Waals surface area (Å²) in [6, 6.07) is 16.0. The maximum absolute atomic E-state index is 8.99. The molecule has 0 aliphatic carbocycles. The number of anilines is 1. The van der Waals surface area contributed by atoms with Crippen LogP contribution in [0.25, 0.3) is 11.0 Å². The van der Waals surface area contributed by atoms with Crippen molar-refractivity contribution in [2.75, 3.05) is 5.73 Å². The van der Waals surface area contributed by atoms with Crippen LogP contribution in [0.1, 0.15) is 11.4 Å². The van der Waals surface area contributed by atoms with Crippen LogP contribution in [-0.2, 0) is 13.0 Å². The number of imidazole rings is 1. The lowest BCUT2D eigenvalue weighted by Gasteiger charge is -2.09. The summed E-state index contributed by atoms with van der Waals surface area (Å²) in [4.78, 5) is 4.54. The fourth-order valence-electron chi connectivity index (χ4n) is 2.38. The molecule has 2 N–H and O–H groups in total. The number of para-hydroxylation sites is 2. The van der Waals surface area contributed by atoms with Crippen LogP contribution in [0.5, 0.6) is 0 Å². The zero-order valence-electron chi connectivity index (χ0n) is 11.3. The summed E-state index contributed by atoms with van der Waals surface area (Å²) in [5, 5.41) is 8.99. The minimum atomic E-state index is 0.292. The number of rotatable bonds is 3. The predicted octanol–water partition coefficient (Wildman–Crippen LogP) is 3.50. The monoisotopic (exact) mass is 340 g/mol. The Hall–Kier alpha value is -2.32. The average molecular weight is 341 g/mol. The Kier molecular flexibility index (Phi) is 3.63. The van der Waals surface area contributed by atoms with Gasteiger partial charge in [0.05, 0.1) is 23.5 Å². The summed E-state index contributed by atoms with van der Waals surface area (Å²) in [7, 11) is 0. The third-order valence-corrected chi connectivity index (χ3v) is 4.09. The number of nitrogens with two attached hydrogens (primary N) is 1. The Balaban J connectivity index is 2.08. The highest BCUT2D eigenvalue weighted by Crippen LogP contribution is 2.23. The van der Waals surface area contributed by atoms with Gasteiger partial charge in [0.1, 0.15) is 5.82 Å². The van der Waals surface area contributed by atoms with Gasteiger partial charge < -0.3 is 10.3 Å². The molecule has 0 radical (unpaired) electrons. The van der Waals surface area contributed by atoms with Crippen LogP contribution < -0.4 is 5.73 Å². The summed E-state index contributed by atoms with van der Waals surface area (Å²) >= 11 is 3.40. The molecule has 3 aromatic rings. The van der Waals surface area contributed by atoms with Gasteiger partial charge in [-0.1, -0.05) is 18.2 Å². The highest BCUT2D eigenvalue weighted by Gasteiger charge is 2.10. The van der Waals surface area contributed by atoms with Crippen molar-refractivity contribution in [1.29, 1.82) is 5.26 Å². The van der Waals surface area contributed by atoms with Crippen LogP contribution in [0.15, 0.2) is 46.9 Å². The number of nitriles is 1. The first-order valence-electron chi connectivity index (χ1n) is 6.54. The maximum Gasteiger partial charge on any atom is 0.124 e. The van der Waals surface area contributed by atoms with Gasteiger partial charge in [-0.2, -0.15) is 5.26 Å². The highest BCUT2D eigenvalue weighted by atomic mass is 79.9. The first-order chi connectivity index (χ1) is 10.2. The summed E-state index contributed by atoms with van der Waals surface area (Å²) in [5.74, 6) is 0.778. The van der Waals surface area contributed by atoms with Crippen molar-refractivity contribution in [2.45, 2.75) is 13.0 Å². The number of fused-ring (bicyclic) bond motifs is 1. The molecule has 104 valence electrons. The van der Waals surface area contributed by atoms with E-state index >= 15 is 0 Å². The van der Waals surface area contributed by atoms with Gasteiger partial charge in [-0.25, -0.2) is 4.98 Å². The average Bonchev–Trinajstić information content (AvgIpc) is 2.81. The van der Waals surface area contributed by atoms with E-state index in [-0.39, 0.29) is 0 Å². The predicted molar refractivity (Wildman–Crippen MR) is 86.7 cm³/mol. The van der Waals surface area contributed by atoms with Crippen molar-refractivity contribution in [3.8, 4) is 6.07 Å². The number of hydrogen-bond acceptors (Lipinski definition) is 3. The summed E-state index contributed by atoms with van der Waals surface area (Å²) in [6.45, 7) is 0.648. The molecule has 0 bridgehead atoms. The van der Waals surface area contributed by atoms with Gasteiger partial charge in [-0.05, 0) is 45.8 Å². The van der Waals surface area contributed by atoms with Crippen molar-refractivity contribution >= 4 is 32.7 Å². The topological polar surface area (TPSA) is 67.6 Å². The van der Waals surface area contributed by atoms with E-state index in [9.17, 15) is 0 Å². The van der Waals surface area contributed by atoms with Gasteiger partial charge in [0, 0.05) is 16.7 Å². The van der Waals surface area contributed by atoms with Gasteiger partial charge in [-0.3, -0.25) is 0 Å². The fourth-order valence-corrected chi connectivity index (χ4v) is 2.63. The molecule has 1 heterocycles. The van der Waals surface area contributed by atoms with Crippen molar-refractivity contribution in [3.63, 3.8) is 0 Å². The second-order valence-corrected chi connectivity index (χ2v) is 5.65. The Morgan fingerprint density at radius 2 is 2.05 bits per heavy atom. The second-order valence-electron chi connectivity index (χ2n) is 4.79. The summed E-state index contributed by atoms with van der Waals surface area (Å²) in [6.07, 6.45) is 0.292. The molecule has 2 aromatic carbocycles. The number of aromatic nitrogens is 2. The molecule has 5 heteroatoms. The molecule has 1 aromatic heterocycles. The lowest BCUT2D eigenvalue weighted by Crippen LogP contribution is -2.05. The molecule has 0 saturated heterocycles. The SMILES string of the molecule is N#CCc1nc2ccccc2n1Cc1ccc(Br)c(N)c1. The van der Waals surface area contributed by atoms with Crippen molar-refractivity contribution in [3.05, 3.63) is 58.3 Å². The van der Waals surface area contributed by atoms with Crippen molar-refractivity contribution < 1.29 is 0 Å². The lowest BCUT2D eigenvalue weighted by atomic mass is 10.2. The molecule has 21 heavy (non-hydrogen) atoms. The molecule has 0 unspecified atom stereocenters. The molecule has 0 aliphatic heterocycles. The van der Waals surface area contributed by atoms with Gasteiger partial charge >= 0.3 is 0 Å². The van der Waals surface area contributed by atoms with E-state index in [1.807, 2.05) is 42.5 Å². The van der Waals surface area contributed by atoms with Crippen molar-refractivity contribution in [2.24, 2.45) is 0 Å². The molecule has 0 saturated carbocycles. The van der Waals surface area contributed by atoms with Gasteiger partial charge in [0.2, 0.25) is 0 Å². The molecule has 0 atom stereocenters. The van der Waals surface area contributed by atoms with Crippen LogP contribution in [0.4, 0.5) is 5.69 Å². The Labute approximate surface area is 131 Å². The molecule has 0 aliphatic rings. The minimum Gasteiger partial charge on any atom is -0.398 e. The Morgan fingerprint density at radius 1 is 1.24 bits per heavy atom. The molecule has 3 rings (SSSR count). The van der Waals surface area contributed by atoms with Crippen LogP contribution in [0.2, 0.25) is 0 Å². The third kappa shape index (κ3) is 2.63. The molecular formula is C16H13BrN4. The normalized spacial score (nSPS) is 10.7. The van der Waals surface area contributed by atoms with Crippen molar-refractivity contribution in [1.82, 2.24) is 9.55 Å². The van der Waals surface area contributed by atoms with E-state index < -0.39 is 0 Å². The van der Waals surface area contributed by atoms with Gasteiger partial charge in [-0.15, -0.1) is 0 Å². The maximum atomic E-state index is 8.99. The van der Waals surface area contributed by atoms with E-state index in [1.165, 1.54) is 0 Å². The molecular weight excluding hydrogens is 328 g/mol. The fraction of sp³-hybridized carbons (Fsp3) is 0.125. The number of nitrogens with zero attached hydrogens (tertiary/aromatic N) is 3. The third-order valence-electron chi connectivity index (χ3n) is 3.37.